The highest BCUT2D eigenvalue weighted by Crippen LogP contribution is 2.03. The van der Waals surface area contributed by atoms with Gasteiger partial charge in [-0.1, -0.05) is 0 Å². The first-order valence-electron chi connectivity index (χ1n) is 3.03. The first-order chi connectivity index (χ1) is 3.95. The molecule has 2 bridgehead atoms. The molecule has 3 saturated heterocycles. The van der Waals surface area contributed by atoms with Crippen molar-refractivity contribution in [2.24, 2.45) is 0 Å². The van der Waals surface area contributed by atoms with Crippen LogP contribution in [0.4, 0.5) is 0 Å². The lowest BCUT2D eigenvalue weighted by atomic mass is 10.2. The second-order valence-electron chi connectivity index (χ2n) is 2.34. The summed E-state index contributed by atoms with van der Waals surface area (Å²) < 4.78 is 5.30. The van der Waals surface area contributed by atoms with E-state index in [1.807, 2.05) is 0 Å². The summed E-state index contributed by atoms with van der Waals surface area (Å²) >= 11 is 0. The quantitative estimate of drug-likeness (QED) is 0.419. The predicted molar refractivity (Wildman–Crippen MR) is 29.5 cm³/mol. The van der Waals surface area contributed by atoms with E-state index in [1.54, 1.807) is 0 Å². The van der Waals surface area contributed by atoms with Crippen LogP contribution < -0.4 is 10.6 Å². The van der Waals surface area contributed by atoms with Gasteiger partial charge in [0, 0.05) is 19.1 Å². The van der Waals surface area contributed by atoms with Crippen molar-refractivity contribution in [2.75, 3.05) is 19.7 Å². The van der Waals surface area contributed by atoms with E-state index in [0.717, 1.165) is 19.7 Å². The van der Waals surface area contributed by atoms with Crippen LogP contribution in [-0.2, 0) is 4.74 Å². The van der Waals surface area contributed by atoms with Crippen molar-refractivity contribution in [3.8, 4) is 0 Å². The fraction of sp³-hybridized carbons (Fsp3) is 1.00. The van der Waals surface area contributed by atoms with Crippen LogP contribution in [0.5, 0.6) is 0 Å². The minimum atomic E-state index is 0.292. The van der Waals surface area contributed by atoms with Crippen LogP contribution in [0.1, 0.15) is 0 Å². The summed E-state index contributed by atoms with van der Waals surface area (Å²) in [7, 11) is 0. The second-order valence-corrected chi connectivity index (χ2v) is 2.34. The highest BCUT2D eigenvalue weighted by Gasteiger charge is 2.26. The molecule has 3 nitrogen and oxygen atoms in total. The van der Waals surface area contributed by atoms with Crippen LogP contribution >= 0.6 is 0 Å². The van der Waals surface area contributed by atoms with Crippen molar-refractivity contribution < 1.29 is 4.74 Å². The van der Waals surface area contributed by atoms with Crippen LogP contribution in [0.2, 0.25) is 0 Å². The summed E-state index contributed by atoms with van der Waals surface area (Å²) in [6.07, 6.45) is 0.292. The van der Waals surface area contributed by atoms with Gasteiger partial charge in [-0.2, -0.15) is 0 Å². The summed E-state index contributed by atoms with van der Waals surface area (Å²) in [6, 6.07) is 0.569. The molecule has 3 fully saturated rings. The maximum absolute atomic E-state index is 5.30. The third-order valence-electron chi connectivity index (χ3n) is 1.68. The maximum atomic E-state index is 5.30. The number of hydrogen-bond acceptors (Lipinski definition) is 3. The zero-order chi connectivity index (χ0) is 5.40. The molecule has 0 aromatic carbocycles. The zero-order valence-corrected chi connectivity index (χ0v) is 4.68. The third-order valence-corrected chi connectivity index (χ3v) is 1.68. The highest BCUT2D eigenvalue weighted by atomic mass is 16.5. The zero-order valence-electron chi connectivity index (χ0n) is 4.68. The van der Waals surface area contributed by atoms with E-state index in [0.29, 0.717) is 12.3 Å². The molecule has 3 aliphatic heterocycles. The number of piperazine rings is 1. The minimum Gasteiger partial charge on any atom is -0.360 e. The molecule has 0 aliphatic carbocycles. The molecule has 0 saturated carbocycles. The Morgan fingerprint density at radius 3 is 2.38 bits per heavy atom. The Kier molecular flexibility index (Phi) is 0.997. The maximum Gasteiger partial charge on any atom is 0.120 e. The van der Waals surface area contributed by atoms with Gasteiger partial charge in [0.15, 0.2) is 0 Å². The van der Waals surface area contributed by atoms with E-state index in [9.17, 15) is 0 Å². The topological polar surface area (TPSA) is 33.3 Å². The van der Waals surface area contributed by atoms with Gasteiger partial charge < -0.3 is 10.1 Å². The largest absolute Gasteiger partial charge is 0.360 e. The molecule has 2 N–H and O–H groups in total. The van der Waals surface area contributed by atoms with Crippen LogP contribution in [0.25, 0.3) is 0 Å². The lowest BCUT2D eigenvalue weighted by molar-refractivity contribution is -0.0504. The molecule has 1 unspecified atom stereocenters. The fourth-order valence-electron chi connectivity index (χ4n) is 1.16. The number of fused-ring (bicyclic) bond motifs is 3. The summed E-state index contributed by atoms with van der Waals surface area (Å²) in [5.74, 6) is 0. The summed E-state index contributed by atoms with van der Waals surface area (Å²) in [4.78, 5) is 0. The van der Waals surface area contributed by atoms with E-state index in [1.165, 1.54) is 0 Å². The smallest absolute Gasteiger partial charge is 0.120 e. The van der Waals surface area contributed by atoms with Crippen LogP contribution in [0.3, 0.4) is 0 Å². The average molecular weight is 114 g/mol. The minimum absolute atomic E-state index is 0.292. The molecule has 0 amide bonds. The second kappa shape index (κ2) is 1.69. The number of morpholine rings is 1. The normalized spacial score (nSPS) is 45.0. The van der Waals surface area contributed by atoms with Gasteiger partial charge >= 0.3 is 0 Å². The molecule has 2 atom stereocenters. The Balaban J connectivity index is 2.03. The highest BCUT2D eigenvalue weighted by molar-refractivity contribution is 4.83. The number of ether oxygens (including phenoxy) is 1. The monoisotopic (exact) mass is 114 g/mol. The standard InChI is InChI=1S/C5H10N2O/c1-4-3-8-5(7-1)2-6-4/h4-7H,1-3H2/t4?,5-/m1/s1. The number of rotatable bonds is 0. The van der Waals surface area contributed by atoms with Gasteiger partial charge in [-0.25, -0.2) is 0 Å². The molecule has 0 radical (unpaired) electrons. The van der Waals surface area contributed by atoms with Crippen molar-refractivity contribution in [1.82, 2.24) is 10.6 Å². The summed E-state index contributed by atoms with van der Waals surface area (Å²) in [5, 5.41) is 6.56. The Morgan fingerprint density at radius 1 is 1.25 bits per heavy atom. The number of nitrogens with one attached hydrogen (secondary N) is 2. The van der Waals surface area contributed by atoms with Gasteiger partial charge in [-0.15, -0.1) is 0 Å². The first-order valence-corrected chi connectivity index (χ1v) is 3.03. The van der Waals surface area contributed by atoms with Gasteiger partial charge in [0.2, 0.25) is 0 Å². The van der Waals surface area contributed by atoms with Crippen molar-refractivity contribution in [1.29, 1.82) is 0 Å². The van der Waals surface area contributed by atoms with E-state index in [4.69, 9.17) is 4.74 Å². The molecule has 3 rings (SSSR count). The molecule has 3 heterocycles. The van der Waals surface area contributed by atoms with Crippen molar-refractivity contribution in [3.63, 3.8) is 0 Å². The molecular weight excluding hydrogens is 104 g/mol. The molecule has 0 spiro atoms. The molecule has 3 heteroatoms. The lowest BCUT2D eigenvalue weighted by Crippen LogP contribution is -2.62. The van der Waals surface area contributed by atoms with E-state index in [-0.39, 0.29) is 0 Å². The molecule has 46 valence electrons. The van der Waals surface area contributed by atoms with Crippen molar-refractivity contribution in [3.05, 3.63) is 0 Å². The Bertz CT molecular complexity index is 65.4. The first kappa shape index (κ1) is 4.73. The van der Waals surface area contributed by atoms with Gasteiger partial charge in [0.25, 0.3) is 0 Å². The average Bonchev–Trinajstić information content (AvgIpc) is 1.92. The van der Waals surface area contributed by atoms with Gasteiger partial charge in [0.05, 0.1) is 6.61 Å². The van der Waals surface area contributed by atoms with E-state index in [2.05, 4.69) is 10.6 Å². The molecular formula is C5H10N2O. The Labute approximate surface area is 48.4 Å². The summed E-state index contributed by atoms with van der Waals surface area (Å²) in [6.45, 7) is 2.94. The van der Waals surface area contributed by atoms with Crippen LogP contribution in [0.15, 0.2) is 0 Å². The molecule has 0 aromatic heterocycles. The Hall–Kier alpha value is -0.120. The molecule has 8 heavy (non-hydrogen) atoms. The number of hydrogen-bond donors (Lipinski definition) is 2. The predicted octanol–water partition coefficient (Wildman–Crippen LogP) is -1.10. The van der Waals surface area contributed by atoms with Crippen molar-refractivity contribution >= 4 is 0 Å². The Morgan fingerprint density at radius 2 is 2.25 bits per heavy atom. The third kappa shape index (κ3) is 0.632. The molecule has 0 aromatic rings. The van der Waals surface area contributed by atoms with Crippen LogP contribution in [-0.4, -0.2) is 32.0 Å². The van der Waals surface area contributed by atoms with Gasteiger partial charge in [-0.3, -0.25) is 5.32 Å². The van der Waals surface area contributed by atoms with Crippen molar-refractivity contribution in [2.45, 2.75) is 12.3 Å². The van der Waals surface area contributed by atoms with Gasteiger partial charge in [0.1, 0.15) is 6.23 Å². The van der Waals surface area contributed by atoms with Crippen LogP contribution in [0, 0.1) is 0 Å². The van der Waals surface area contributed by atoms with E-state index >= 15 is 0 Å². The summed E-state index contributed by atoms with van der Waals surface area (Å²) in [5.41, 5.74) is 0. The van der Waals surface area contributed by atoms with Gasteiger partial charge in [-0.05, 0) is 0 Å². The SMILES string of the molecule is C1N[C@H]2CNC1CO2. The molecule has 3 aliphatic rings. The van der Waals surface area contributed by atoms with E-state index < -0.39 is 0 Å². The fourth-order valence-corrected chi connectivity index (χ4v) is 1.16. The lowest BCUT2D eigenvalue weighted by Gasteiger charge is -2.37.